The summed E-state index contributed by atoms with van der Waals surface area (Å²) < 4.78 is 11.8. The Kier molecular flexibility index (Phi) is 5.06. The number of carbonyl (C=O) groups is 2. The van der Waals surface area contributed by atoms with Gasteiger partial charge in [-0.3, -0.25) is 4.90 Å². The number of carboxylic acid groups (broad SMARTS) is 2. The third kappa shape index (κ3) is 2.77. The molecule has 1 fully saturated rings. The number of piperidine rings is 1. The van der Waals surface area contributed by atoms with Gasteiger partial charge in [-0.15, -0.1) is 0 Å². The first-order valence-electron chi connectivity index (χ1n) is 8.96. The van der Waals surface area contributed by atoms with Crippen LogP contribution in [0.2, 0.25) is 0 Å². The Morgan fingerprint density at radius 1 is 1.24 bits per heavy atom. The maximum absolute atomic E-state index is 10.3. The lowest BCUT2D eigenvalue weighted by Crippen LogP contribution is -2.58. The van der Waals surface area contributed by atoms with Gasteiger partial charge in [0.2, 0.25) is 0 Å². The fourth-order valence-electron chi connectivity index (χ4n) is 4.95. The number of likely N-dealkylation sites (N-methyl/N-ethyl adjacent to an activating group) is 1. The fourth-order valence-corrected chi connectivity index (χ4v) is 4.95. The summed E-state index contributed by atoms with van der Waals surface area (Å²) in [5.41, 5.74) is 3.78. The zero-order chi connectivity index (χ0) is 20.2. The molecule has 5 rings (SSSR count). The Labute approximate surface area is 166 Å². The summed E-state index contributed by atoms with van der Waals surface area (Å²) in [6.07, 6.45) is 6.11. The lowest BCUT2D eigenvalue weighted by Gasteiger charge is -2.52. The minimum absolute atomic E-state index is 0. The van der Waals surface area contributed by atoms with Crippen molar-refractivity contribution in [2.75, 3.05) is 20.7 Å². The number of likely N-dealkylation sites (tertiary alicyclic amines) is 1. The number of phenolic OH excluding ortho intramolecular Hbond substituents is 1. The average Bonchev–Trinajstić information content (AvgIpc) is 3.02. The smallest absolute Gasteiger partial charge is 0.414 e. The fraction of sp³-hybridized carbons (Fsp3) is 0.400. The standard InChI is InChI=1S/C18H19NO3.C2H2O4.H2O/c1-19-8-7-18-11-4-6-14(21-2)17(18)22-16-13(20)5-3-10(15(16)18)9-12(11)19;3-1(4)2(5)6;/h3-6,12,17,20H,7-9H2,1-2H3;(H,3,4)(H,5,6);1H2/t12-,17+,18+;;/m1../s1. The number of ether oxygens (including phenoxy) is 2. The number of hydrogen-bond acceptors (Lipinski definition) is 6. The third-order valence-corrected chi connectivity index (χ3v) is 6.14. The Morgan fingerprint density at radius 2 is 1.93 bits per heavy atom. The van der Waals surface area contributed by atoms with E-state index in [2.05, 4.69) is 24.1 Å². The lowest BCUT2D eigenvalue weighted by molar-refractivity contribution is -0.159. The minimum Gasteiger partial charge on any atom is -0.504 e. The average molecular weight is 405 g/mol. The highest BCUT2D eigenvalue weighted by Gasteiger charge is 2.61. The Morgan fingerprint density at radius 3 is 2.55 bits per heavy atom. The van der Waals surface area contributed by atoms with Crippen LogP contribution in [-0.4, -0.2) is 70.5 Å². The van der Waals surface area contributed by atoms with Crippen LogP contribution in [0.4, 0.5) is 0 Å². The molecule has 0 aromatic heterocycles. The highest BCUT2D eigenvalue weighted by Crippen LogP contribution is 2.62. The molecule has 4 aliphatic rings. The number of hydrogen-bond donors (Lipinski definition) is 3. The SMILES string of the molecule is COC1=CC=C2[C@H]3Cc4ccc(O)c5c4[C@@]2(CCN3C)[C@H]1O5.O.O=C(O)C(=O)O. The van der Waals surface area contributed by atoms with Crippen LogP contribution >= 0.6 is 0 Å². The molecule has 0 unspecified atom stereocenters. The highest BCUT2D eigenvalue weighted by atomic mass is 16.5. The molecule has 9 heteroatoms. The first-order chi connectivity index (χ1) is 13.3. The molecule has 156 valence electrons. The van der Waals surface area contributed by atoms with Gasteiger partial charge in [-0.05, 0) is 49.7 Å². The van der Waals surface area contributed by atoms with E-state index in [-0.39, 0.29) is 22.7 Å². The van der Waals surface area contributed by atoms with E-state index in [9.17, 15) is 5.11 Å². The van der Waals surface area contributed by atoms with Gasteiger partial charge in [0.05, 0.1) is 12.5 Å². The molecule has 3 atom stereocenters. The van der Waals surface area contributed by atoms with E-state index in [0.717, 1.165) is 25.1 Å². The topological polar surface area (TPSA) is 148 Å². The second kappa shape index (κ2) is 7.09. The summed E-state index contributed by atoms with van der Waals surface area (Å²) in [7, 11) is 3.90. The van der Waals surface area contributed by atoms with E-state index < -0.39 is 11.9 Å². The van der Waals surface area contributed by atoms with Crippen LogP contribution in [0, 0.1) is 0 Å². The van der Waals surface area contributed by atoms with E-state index >= 15 is 0 Å². The van der Waals surface area contributed by atoms with Crippen molar-refractivity contribution in [3.05, 3.63) is 46.7 Å². The van der Waals surface area contributed by atoms with E-state index in [1.807, 2.05) is 6.08 Å². The number of aromatic hydroxyl groups is 1. The molecule has 2 bridgehead atoms. The molecule has 1 spiro atoms. The van der Waals surface area contributed by atoms with Gasteiger partial charge in [-0.25, -0.2) is 9.59 Å². The largest absolute Gasteiger partial charge is 0.504 e. The van der Waals surface area contributed by atoms with Gasteiger partial charge >= 0.3 is 11.9 Å². The third-order valence-electron chi connectivity index (χ3n) is 6.14. The molecule has 2 aliphatic carbocycles. The molecule has 5 N–H and O–H groups in total. The second-order valence-corrected chi connectivity index (χ2v) is 7.37. The molecule has 0 saturated carbocycles. The van der Waals surface area contributed by atoms with E-state index in [1.54, 1.807) is 13.2 Å². The monoisotopic (exact) mass is 405 g/mol. The summed E-state index contributed by atoms with van der Waals surface area (Å²) in [6, 6.07) is 4.25. The van der Waals surface area contributed by atoms with Crippen molar-refractivity contribution in [1.29, 1.82) is 0 Å². The molecule has 0 radical (unpaired) electrons. The van der Waals surface area contributed by atoms with Crippen molar-refractivity contribution < 1.29 is 39.9 Å². The van der Waals surface area contributed by atoms with Crippen LogP contribution < -0.4 is 4.74 Å². The molecule has 2 aliphatic heterocycles. The van der Waals surface area contributed by atoms with Crippen LogP contribution in [0.25, 0.3) is 0 Å². The number of benzene rings is 1. The predicted octanol–water partition coefficient (Wildman–Crippen LogP) is 0.452. The van der Waals surface area contributed by atoms with E-state index in [4.69, 9.17) is 29.3 Å². The zero-order valence-electron chi connectivity index (χ0n) is 16.0. The summed E-state index contributed by atoms with van der Waals surface area (Å²) in [4.78, 5) is 20.6. The quantitative estimate of drug-likeness (QED) is 0.571. The second-order valence-electron chi connectivity index (χ2n) is 7.37. The van der Waals surface area contributed by atoms with Gasteiger partial charge in [-0.2, -0.15) is 0 Å². The lowest BCUT2D eigenvalue weighted by atomic mass is 9.57. The Bertz CT molecular complexity index is 925. The summed E-state index contributed by atoms with van der Waals surface area (Å²) in [5.74, 6) is -1.88. The molecular formula is C20H23NO8. The van der Waals surface area contributed by atoms with Gasteiger partial charge in [0.1, 0.15) is 5.76 Å². The van der Waals surface area contributed by atoms with Crippen LogP contribution in [0.5, 0.6) is 11.5 Å². The van der Waals surface area contributed by atoms with Crippen molar-refractivity contribution in [2.24, 2.45) is 0 Å². The minimum atomic E-state index is -1.82. The van der Waals surface area contributed by atoms with Gasteiger partial charge in [0, 0.05) is 11.6 Å². The maximum atomic E-state index is 10.3. The molecule has 0 amide bonds. The zero-order valence-corrected chi connectivity index (χ0v) is 16.0. The van der Waals surface area contributed by atoms with E-state index in [0.29, 0.717) is 11.8 Å². The van der Waals surface area contributed by atoms with Crippen molar-refractivity contribution in [1.82, 2.24) is 4.90 Å². The number of carboxylic acids is 2. The van der Waals surface area contributed by atoms with Crippen LogP contribution in [0.3, 0.4) is 0 Å². The number of phenols is 1. The summed E-state index contributed by atoms with van der Waals surface area (Å²) in [5, 5.41) is 25.1. The Hall–Kier alpha value is -3.04. The number of methoxy groups -OCH3 is 1. The molecule has 29 heavy (non-hydrogen) atoms. The molecular weight excluding hydrogens is 382 g/mol. The van der Waals surface area contributed by atoms with Crippen LogP contribution in [-0.2, 0) is 26.2 Å². The Balaban J connectivity index is 0.000000305. The molecule has 2 heterocycles. The predicted molar refractivity (Wildman–Crippen MR) is 101 cm³/mol. The number of rotatable bonds is 1. The molecule has 1 saturated heterocycles. The first kappa shape index (κ1) is 20.7. The molecule has 1 aromatic carbocycles. The van der Waals surface area contributed by atoms with Crippen molar-refractivity contribution in [3.63, 3.8) is 0 Å². The summed E-state index contributed by atoms with van der Waals surface area (Å²) >= 11 is 0. The van der Waals surface area contributed by atoms with Gasteiger partial charge in [-0.1, -0.05) is 12.1 Å². The van der Waals surface area contributed by atoms with Crippen molar-refractivity contribution in [3.8, 4) is 11.5 Å². The van der Waals surface area contributed by atoms with E-state index in [1.165, 1.54) is 16.7 Å². The van der Waals surface area contributed by atoms with Gasteiger partial charge in [0.15, 0.2) is 17.6 Å². The summed E-state index contributed by atoms with van der Waals surface area (Å²) in [6.45, 7) is 1.04. The molecule has 1 aromatic rings. The van der Waals surface area contributed by atoms with Crippen LogP contribution in [0.15, 0.2) is 35.6 Å². The van der Waals surface area contributed by atoms with Gasteiger partial charge in [0.25, 0.3) is 0 Å². The normalized spacial score (nSPS) is 27.7. The number of aliphatic carboxylic acids is 2. The van der Waals surface area contributed by atoms with Gasteiger partial charge < -0.3 is 30.3 Å². The molecule has 9 nitrogen and oxygen atoms in total. The highest BCUT2D eigenvalue weighted by molar-refractivity contribution is 6.27. The first-order valence-corrected chi connectivity index (χ1v) is 8.96. The maximum Gasteiger partial charge on any atom is 0.414 e. The number of allylic oxidation sites excluding steroid dienone is 2. The van der Waals surface area contributed by atoms with Crippen LogP contribution in [0.1, 0.15) is 17.5 Å². The number of nitrogens with zero attached hydrogens (tertiary/aromatic N) is 1. The van der Waals surface area contributed by atoms with Crippen molar-refractivity contribution in [2.45, 2.75) is 30.4 Å². The van der Waals surface area contributed by atoms with Crippen molar-refractivity contribution >= 4 is 11.9 Å².